The largest absolute Gasteiger partial charge is 0.497 e. The van der Waals surface area contributed by atoms with E-state index >= 15 is 0 Å². The Morgan fingerprint density at radius 3 is 2.35 bits per heavy atom. The lowest BCUT2D eigenvalue weighted by Gasteiger charge is -2.29. The van der Waals surface area contributed by atoms with Crippen LogP contribution in [-0.2, 0) is 4.79 Å². The predicted octanol–water partition coefficient (Wildman–Crippen LogP) is 3.68. The lowest BCUT2D eigenvalue weighted by Crippen LogP contribution is -2.46. The SMILES string of the molecule is COc1ccc(C(=O)CCCC(=O)N[C@H](CN2CCCC2)[C@H](O)c2ccc(OC)c(C)c2)cc1. The number of carbonyl (C=O) groups is 2. The summed E-state index contributed by atoms with van der Waals surface area (Å²) in [6.07, 6.45) is 2.39. The van der Waals surface area contributed by atoms with Crippen molar-refractivity contribution in [3.8, 4) is 11.5 Å². The summed E-state index contributed by atoms with van der Waals surface area (Å²) in [5.41, 5.74) is 2.29. The maximum Gasteiger partial charge on any atom is 0.220 e. The Kier molecular flexibility index (Phi) is 9.48. The van der Waals surface area contributed by atoms with Crippen LogP contribution in [0.25, 0.3) is 0 Å². The molecule has 2 aromatic carbocycles. The number of hydrogen-bond donors (Lipinski definition) is 2. The Morgan fingerprint density at radius 2 is 1.74 bits per heavy atom. The highest BCUT2D eigenvalue weighted by molar-refractivity contribution is 5.96. The molecule has 1 fully saturated rings. The Hall–Kier alpha value is -2.90. The van der Waals surface area contributed by atoms with E-state index in [1.165, 1.54) is 0 Å². The Labute approximate surface area is 202 Å². The minimum Gasteiger partial charge on any atom is -0.497 e. The number of likely N-dealkylation sites (tertiary alicyclic amines) is 1. The molecule has 0 aromatic heterocycles. The number of ketones is 1. The van der Waals surface area contributed by atoms with Crippen molar-refractivity contribution < 1.29 is 24.2 Å². The monoisotopic (exact) mass is 468 g/mol. The van der Waals surface area contributed by atoms with Crippen molar-refractivity contribution in [2.75, 3.05) is 33.9 Å². The number of methoxy groups -OCH3 is 2. The minimum atomic E-state index is -0.838. The molecule has 7 heteroatoms. The molecule has 0 unspecified atom stereocenters. The number of benzene rings is 2. The molecule has 7 nitrogen and oxygen atoms in total. The summed E-state index contributed by atoms with van der Waals surface area (Å²) in [5, 5.41) is 14.2. The first-order valence-corrected chi connectivity index (χ1v) is 11.9. The predicted molar refractivity (Wildman–Crippen MR) is 131 cm³/mol. The second-order valence-electron chi connectivity index (χ2n) is 8.86. The van der Waals surface area contributed by atoms with E-state index in [0.29, 0.717) is 24.3 Å². The third kappa shape index (κ3) is 7.05. The third-order valence-electron chi connectivity index (χ3n) is 6.36. The van der Waals surface area contributed by atoms with Crippen LogP contribution in [0.4, 0.5) is 0 Å². The number of nitrogens with one attached hydrogen (secondary N) is 1. The summed E-state index contributed by atoms with van der Waals surface area (Å²) in [6.45, 7) is 4.46. The van der Waals surface area contributed by atoms with Crippen LogP contribution in [0, 0.1) is 6.92 Å². The highest BCUT2D eigenvalue weighted by Gasteiger charge is 2.27. The molecule has 1 aliphatic heterocycles. The lowest BCUT2D eigenvalue weighted by atomic mass is 9.99. The molecule has 34 heavy (non-hydrogen) atoms. The zero-order valence-electron chi connectivity index (χ0n) is 20.4. The highest BCUT2D eigenvalue weighted by Crippen LogP contribution is 2.25. The van der Waals surface area contributed by atoms with E-state index in [9.17, 15) is 14.7 Å². The van der Waals surface area contributed by atoms with Crippen molar-refractivity contribution in [3.63, 3.8) is 0 Å². The number of Topliss-reactive ketones (excluding diaryl/α,β-unsaturated/α-hetero) is 1. The quantitative estimate of drug-likeness (QED) is 0.462. The van der Waals surface area contributed by atoms with E-state index in [0.717, 1.165) is 42.8 Å². The summed E-state index contributed by atoms with van der Waals surface area (Å²) in [4.78, 5) is 27.4. The van der Waals surface area contributed by atoms with Gasteiger partial charge in [-0.05, 0) is 86.8 Å². The average molecular weight is 469 g/mol. The number of aliphatic hydroxyl groups excluding tert-OH is 1. The van der Waals surface area contributed by atoms with Crippen LogP contribution in [0.2, 0.25) is 0 Å². The van der Waals surface area contributed by atoms with Crippen molar-refractivity contribution in [1.29, 1.82) is 0 Å². The molecule has 0 spiro atoms. The fourth-order valence-electron chi connectivity index (χ4n) is 4.40. The molecular weight excluding hydrogens is 432 g/mol. The van der Waals surface area contributed by atoms with Crippen LogP contribution < -0.4 is 14.8 Å². The van der Waals surface area contributed by atoms with Crippen molar-refractivity contribution in [2.24, 2.45) is 0 Å². The van der Waals surface area contributed by atoms with E-state index in [2.05, 4.69) is 10.2 Å². The smallest absolute Gasteiger partial charge is 0.220 e. The van der Waals surface area contributed by atoms with Crippen LogP contribution >= 0.6 is 0 Å². The van der Waals surface area contributed by atoms with Crippen LogP contribution in [0.3, 0.4) is 0 Å². The number of aryl methyl sites for hydroxylation is 1. The zero-order chi connectivity index (χ0) is 24.5. The van der Waals surface area contributed by atoms with Gasteiger partial charge in [0.15, 0.2) is 5.78 Å². The molecular formula is C27H36N2O5. The molecule has 2 N–H and O–H groups in total. The maximum absolute atomic E-state index is 12.7. The van der Waals surface area contributed by atoms with Gasteiger partial charge in [0.25, 0.3) is 0 Å². The molecule has 0 bridgehead atoms. The topological polar surface area (TPSA) is 88.1 Å². The van der Waals surface area contributed by atoms with E-state index in [1.54, 1.807) is 38.5 Å². The molecule has 1 saturated heterocycles. The Balaban J connectivity index is 1.58. The van der Waals surface area contributed by atoms with Gasteiger partial charge >= 0.3 is 0 Å². The average Bonchev–Trinajstić information content (AvgIpc) is 3.36. The van der Waals surface area contributed by atoms with Crippen molar-refractivity contribution in [2.45, 2.75) is 51.2 Å². The van der Waals surface area contributed by atoms with Crippen LogP contribution in [-0.4, -0.2) is 61.6 Å². The van der Waals surface area contributed by atoms with Gasteiger partial charge in [-0.1, -0.05) is 6.07 Å². The van der Waals surface area contributed by atoms with Gasteiger partial charge in [0.2, 0.25) is 5.91 Å². The zero-order valence-corrected chi connectivity index (χ0v) is 20.4. The summed E-state index contributed by atoms with van der Waals surface area (Å²) >= 11 is 0. The first kappa shape index (κ1) is 25.7. The number of rotatable bonds is 12. The Bertz CT molecular complexity index is 954. The summed E-state index contributed by atoms with van der Waals surface area (Å²) in [6, 6.07) is 12.1. The molecule has 0 saturated carbocycles. The number of ether oxygens (including phenoxy) is 2. The third-order valence-corrected chi connectivity index (χ3v) is 6.36. The van der Waals surface area contributed by atoms with E-state index in [1.807, 2.05) is 25.1 Å². The van der Waals surface area contributed by atoms with Crippen LogP contribution in [0.5, 0.6) is 11.5 Å². The number of carbonyl (C=O) groups excluding carboxylic acids is 2. The summed E-state index contributed by atoms with van der Waals surface area (Å²) in [5.74, 6) is 1.30. The standard InChI is InChI=1S/C27H36N2O5/c1-19-17-21(11-14-25(19)34-3)27(32)23(18-29-15-4-5-16-29)28-26(31)8-6-7-24(30)20-9-12-22(33-2)13-10-20/h9-14,17,23,27,32H,4-8,15-16,18H2,1-3H3,(H,28,31)/t23-,27-/m1/s1. The van der Waals surface area contributed by atoms with Crippen molar-refractivity contribution in [1.82, 2.24) is 10.2 Å². The molecule has 1 aliphatic rings. The van der Waals surface area contributed by atoms with Crippen molar-refractivity contribution >= 4 is 11.7 Å². The van der Waals surface area contributed by atoms with Gasteiger partial charge in [0.05, 0.1) is 20.3 Å². The first-order valence-electron chi connectivity index (χ1n) is 11.9. The summed E-state index contributed by atoms with van der Waals surface area (Å²) in [7, 11) is 3.20. The van der Waals surface area contributed by atoms with E-state index in [-0.39, 0.29) is 24.5 Å². The molecule has 2 atom stereocenters. The van der Waals surface area contributed by atoms with Gasteiger partial charge in [0.1, 0.15) is 17.6 Å². The van der Waals surface area contributed by atoms with Crippen LogP contribution in [0.1, 0.15) is 59.7 Å². The number of hydrogen-bond acceptors (Lipinski definition) is 6. The molecule has 0 aliphatic carbocycles. The summed E-state index contributed by atoms with van der Waals surface area (Å²) < 4.78 is 10.4. The van der Waals surface area contributed by atoms with Gasteiger partial charge in [-0.3, -0.25) is 9.59 Å². The molecule has 184 valence electrons. The number of aliphatic hydroxyl groups is 1. The molecule has 0 radical (unpaired) electrons. The second-order valence-corrected chi connectivity index (χ2v) is 8.86. The number of nitrogens with zero attached hydrogens (tertiary/aromatic N) is 1. The molecule has 1 heterocycles. The maximum atomic E-state index is 12.7. The van der Waals surface area contributed by atoms with Gasteiger partial charge in [0, 0.05) is 24.9 Å². The fourth-order valence-corrected chi connectivity index (χ4v) is 4.40. The highest BCUT2D eigenvalue weighted by atomic mass is 16.5. The number of amides is 1. The molecule has 1 amide bonds. The first-order chi connectivity index (χ1) is 16.4. The Morgan fingerprint density at radius 1 is 1.03 bits per heavy atom. The van der Waals surface area contributed by atoms with Gasteiger partial charge < -0.3 is 24.8 Å². The fraction of sp³-hybridized carbons (Fsp3) is 0.481. The second kappa shape index (κ2) is 12.5. The van der Waals surface area contributed by atoms with E-state index in [4.69, 9.17) is 9.47 Å². The van der Waals surface area contributed by atoms with Gasteiger partial charge in [-0.25, -0.2) is 0 Å². The van der Waals surface area contributed by atoms with Crippen LogP contribution in [0.15, 0.2) is 42.5 Å². The normalized spacial score (nSPS) is 15.5. The lowest BCUT2D eigenvalue weighted by molar-refractivity contribution is -0.123. The van der Waals surface area contributed by atoms with E-state index < -0.39 is 12.1 Å². The van der Waals surface area contributed by atoms with Crippen molar-refractivity contribution in [3.05, 3.63) is 59.2 Å². The van der Waals surface area contributed by atoms with Gasteiger partial charge in [-0.15, -0.1) is 0 Å². The minimum absolute atomic E-state index is 0.00203. The molecule has 3 rings (SSSR count). The van der Waals surface area contributed by atoms with Gasteiger partial charge in [-0.2, -0.15) is 0 Å². The molecule has 2 aromatic rings.